The minimum absolute atomic E-state index is 0. The Bertz CT molecular complexity index is 1010. The lowest BCUT2D eigenvalue weighted by atomic mass is 10.2. The molecule has 0 bridgehead atoms. The highest BCUT2D eigenvalue weighted by atomic mass is 31.2. The fourth-order valence-electron chi connectivity index (χ4n) is 2.30. The van der Waals surface area contributed by atoms with Crippen LogP contribution < -0.4 is 0 Å². The summed E-state index contributed by atoms with van der Waals surface area (Å²) in [7, 11) is -21.6. The Hall–Kier alpha value is -1.22. The van der Waals surface area contributed by atoms with Crippen molar-refractivity contribution in [3.63, 3.8) is 0 Å². The van der Waals surface area contributed by atoms with Gasteiger partial charge in [-0.25, -0.2) is 0 Å². The predicted octanol–water partition coefficient (Wildman–Crippen LogP) is -1.57. The molecule has 0 radical (unpaired) electrons. The van der Waals surface area contributed by atoms with Crippen LogP contribution >= 0.6 is 30.4 Å². The maximum atomic E-state index is 11.0. The second kappa shape index (κ2) is 11.9. The van der Waals surface area contributed by atoms with Crippen molar-refractivity contribution < 1.29 is 73.1 Å². The van der Waals surface area contributed by atoms with E-state index in [1.165, 1.54) is 36.7 Å². The number of hydrogen-bond acceptors (Lipinski definition) is 8. The number of aliphatic hydroxyl groups is 2. The van der Waals surface area contributed by atoms with Crippen LogP contribution in [-0.2, 0) is 31.1 Å². The van der Waals surface area contributed by atoms with Gasteiger partial charge in [0.05, 0.1) is 0 Å². The molecule has 0 saturated heterocycles. The Morgan fingerprint density at radius 3 is 1.03 bits per heavy atom. The molecule has 12 N–H and O–H groups in total. The predicted molar refractivity (Wildman–Crippen MR) is 118 cm³/mol. The summed E-state index contributed by atoms with van der Waals surface area (Å²) in [5.74, 6) is 0. The van der Waals surface area contributed by atoms with Crippen LogP contribution in [0.2, 0.25) is 0 Å². The molecule has 0 spiro atoms. The molecule has 2 aromatic rings. The molecule has 0 atom stereocenters. The number of hydrogen-bond donors (Lipinski definition) is 10. The molecular weight excluding hydrogens is 560 g/mol. The summed E-state index contributed by atoms with van der Waals surface area (Å²) in [5, 5.41) is 12.3. The first kappa shape index (κ1) is 33.8. The zero-order valence-corrected chi connectivity index (χ0v) is 20.9. The molecule has 17 nitrogen and oxygen atoms in total. The van der Waals surface area contributed by atoms with Crippen molar-refractivity contribution in [1.82, 2.24) is 9.97 Å². The normalized spacial score (nSPS) is 13.3. The molecule has 0 saturated carbocycles. The average molecular weight is 584 g/mol. The lowest BCUT2D eigenvalue weighted by molar-refractivity contribution is 0.130. The van der Waals surface area contributed by atoms with E-state index in [4.69, 9.17) is 39.1 Å². The molecule has 0 aliphatic heterocycles. The van der Waals surface area contributed by atoms with E-state index < -0.39 is 53.4 Å². The van der Waals surface area contributed by atoms with Gasteiger partial charge in [0, 0.05) is 37.6 Å². The van der Waals surface area contributed by atoms with E-state index in [0.717, 1.165) is 12.4 Å². The monoisotopic (exact) mass is 584 g/mol. The van der Waals surface area contributed by atoms with Gasteiger partial charge in [-0.05, 0) is 23.3 Å². The Labute approximate surface area is 197 Å². The van der Waals surface area contributed by atoms with Gasteiger partial charge in [0.2, 0.25) is 0 Å². The molecule has 0 aliphatic rings. The van der Waals surface area contributed by atoms with Gasteiger partial charge < -0.3 is 54.8 Å². The van der Waals surface area contributed by atoms with Gasteiger partial charge in [-0.2, -0.15) is 0 Å². The van der Waals surface area contributed by atoms with Gasteiger partial charge in [-0.1, -0.05) is 12.1 Å². The Morgan fingerprint density at radius 1 is 0.600 bits per heavy atom. The molecule has 0 unspecified atom stereocenters. The largest absolute Gasteiger partial charge is 0.412 e. The van der Waals surface area contributed by atoms with Crippen LogP contribution in [0.25, 0.3) is 0 Å². The van der Waals surface area contributed by atoms with Crippen LogP contribution in [0.3, 0.4) is 0 Å². The van der Waals surface area contributed by atoms with Crippen molar-refractivity contribution in [2.75, 3.05) is 0 Å². The first-order chi connectivity index (χ1) is 15.2. The van der Waals surface area contributed by atoms with Gasteiger partial charge in [0.25, 0.3) is 10.2 Å². The minimum Gasteiger partial charge on any atom is -0.412 e. The van der Waals surface area contributed by atoms with E-state index in [1.807, 2.05) is 0 Å². The highest BCUT2D eigenvalue weighted by Crippen LogP contribution is 2.69. The summed E-state index contributed by atoms with van der Waals surface area (Å²) >= 11 is 0. The second-order valence-corrected chi connectivity index (χ2v) is 14.8. The van der Waals surface area contributed by atoms with Crippen LogP contribution in [0.1, 0.15) is 11.1 Å². The van der Waals surface area contributed by atoms with Gasteiger partial charge in [-0.3, -0.25) is 28.2 Å². The molecule has 21 heteroatoms. The standard InChI is InChI=1S/2C7H11NO7P2.H2O/c2*9-7(16(10,11)12,17(13,14)15)4-6-2-1-3-8-5-6;/h2*1-3,5,9H,4H2,(H2,10,11,12)(H2,13,14,15);1H2. The highest BCUT2D eigenvalue weighted by Gasteiger charge is 2.60. The number of nitrogens with zero attached hydrogens (tertiary/aromatic N) is 2. The Morgan fingerprint density at radius 2 is 0.857 bits per heavy atom. The van der Waals surface area contributed by atoms with Crippen LogP contribution in [-0.4, -0.2) is 75.0 Å². The van der Waals surface area contributed by atoms with E-state index in [0.29, 0.717) is 0 Å². The topological polar surface area (TPSA) is 328 Å². The maximum Gasteiger partial charge on any atom is 0.369 e. The van der Waals surface area contributed by atoms with Gasteiger partial charge >= 0.3 is 30.4 Å². The molecule has 0 aliphatic carbocycles. The van der Waals surface area contributed by atoms with E-state index >= 15 is 0 Å². The number of aromatic nitrogens is 2. The van der Waals surface area contributed by atoms with Crippen molar-refractivity contribution in [3.8, 4) is 0 Å². The fraction of sp³-hybridized carbons (Fsp3) is 0.286. The van der Waals surface area contributed by atoms with E-state index in [9.17, 15) is 28.5 Å². The highest BCUT2D eigenvalue weighted by molar-refractivity contribution is 7.72. The summed E-state index contributed by atoms with van der Waals surface area (Å²) < 4.78 is 44.1. The van der Waals surface area contributed by atoms with Gasteiger partial charge in [-0.15, -0.1) is 0 Å². The van der Waals surface area contributed by atoms with Gasteiger partial charge in [0.15, 0.2) is 0 Å². The third-order valence-electron chi connectivity index (χ3n) is 4.19. The SMILES string of the molecule is O.O=P(O)(O)C(O)(Cc1cccnc1)P(=O)(O)O.O=P(O)(O)C(O)(Cc1cccnc1)P(=O)(O)O. The number of pyridine rings is 2. The summed E-state index contributed by atoms with van der Waals surface area (Å²) in [5.41, 5.74) is 0.198. The zero-order chi connectivity index (χ0) is 26.6. The van der Waals surface area contributed by atoms with E-state index in [-0.39, 0.29) is 16.6 Å². The average Bonchev–Trinajstić information content (AvgIpc) is 2.66. The Kier molecular flexibility index (Phi) is 11.5. The maximum absolute atomic E-state index is 11.0. The molecule has 2 rings (SSSR count). The van der Waals surface area contributed by atoms with Crippen LogP contribution in [0, 0.1) is 0 Å². The molecule has 35 heavy (non-hydrogen) atoms. The minimum atomic E-state index is -5.41. The smallest absolute Gasteiger partial charge is 0.369 e. The van der Waals surface area contributed by atoms with Crippen molar-refractivity contribution in [3.05, 3.63) is 60.2 Å². The quantitative estimate of drug-likeness (QED) is 0.157. The van der Waals surface area contributed by atoms with Crippen LogP contribution in [0.5, 0.6) is 0 Å². The molecule has 0 amide bonds. The van der Waals surface area contributed by atoms with E-state index in [2.05, 4.69) is 9.97 Å². The molecule has 2 aromatic heterocycles. The molecule has 0 aromatic carbocycles. The fourth-order valence-corrected chi connectivity index (χ4v) is 6.57. The van der Waals surface area contributed by atoms with E-state index in [1.54, 1.807) is 0 Å². The molecular formula is C14H24N2O15P4. The lowest BCUT2D eigenvalue weighted by Crippen LogP contribution is -2.31. The third kappa shape index (κ3) is 8.41. The number of rotatable bonds is 8. The van der Waals surface area contributed by atoms with Crippen LogP contribution in [0.15, 0.2) is 49.1 Å². The summed E-state index contributed by atoms with van der Waals surface area (Å²) in [6, 6.07) is 5.50. The lowest BCUT2D eigenvalue weighted by Gasteiger charge is -2.29. The van der Waals surface area contributed by atoms with Crippen molar-refractivity contribution in [1.29, 1.82) is 0 Å². The van der Waals surface area contributed by atoms with Crippen LogP contribution in [0.4, 0.5) is 0 Å². The Balaban J connectivity index is 0.000000642. The van der Waals surface area contributed by atoms with Gasteiger partial charge in [0.1, 0.15) is 0 Å². The molecule has 0 fully saturated rings. The first-order valence-corrected chi connectivity index (χ1v) is 15.1. The van der Waals surface area contributed by atoms with Crippen molar-refractivity contribution in [2.24, 2.45) is 0 Å². The second-order valence-electron chi connectivity index (χ2n) is 6.80. The first-order valence-electron chi connectivity index (χ1n) is 8.61. The molecule has 2 heterocycles. The van der Waals surface area contributed by atoms with Crippen molar-refractivity contribution >= 4 is 30.4 Å². The summed E-state index contributed by atoms with van der Waals surface area (Å²) in [6.07, 6.45) is 3.26. The van der Waals surface area contributed by atoms with Crippen molar-refractivity contribution in [2.45, 2.75) is 23.0 Å². The molecule has 200 valence electrons. The summed E-state index contributed by atoms with van der Waals surface area (Å²) in [6.45, 7) is 0. The zero-order valence-electron chi connectivity index (χ0n) is 17.3. The summed E-state index contributed by atoms with van der Waals surface area (Å²) in [4.78, 5) is 78.3. The third-order valence-corrected chi connectivity index (χ3v) is 11.7.